The molecule has 0 heterocycles. The summed E-state index contributed by atoms with van der Waals surface area (Å²) in [6.45, 7) is 4.10. The largest absolute Gasteiger partial charge is 0.354 e. The van der Waals surface area contributed by atoms with Crippen molar-refractivity contribution in [3.05, 3.63) is 28.5 Å². The van der Waals surface area contributed by atoms with Gasteiger partial charge in [-0.3, -0.25) is 0 Å². The Morgan fingerprint density at radius 3 is 2.24 bits per heavy atom. The van der Waals surface area contributed by atoms with Crippen molar-refractivity contribution in [2.24, 2.45) is 22.9 Å². The highest BCUT2D eigenvalue weighted by atomic mass is 35.5. The first-order chi connectivity index (χ1) is 12.1. The molecule has 0 aromatic heterocycles. The molecule has 3 rings (SSSR count). The maximum atomic E-state index is 14.4. The molecule has 0 saturated heterocycles. The first kappa shape index (κ1) is 18.7. The third kappa shape index (κ3) is 4.36. The van der Waals surface area contributed by atoms with Crippen molar-refractivity contribution >= 4 is 17.8 Å². The van der Waals surface area contributed by atoms with Crippen LogP contribution in [0.3, 0.4) is 0 Å². The van der Waals surface area contributed by atoms with Gasteiger partial charge in [0.05, 0.1) is 5.02 Å². The fraction of sp³-hybridized carbons (Fsp3) is 0.667. The lowest BCUT2D eigenvalue weighted by Gasteiger charge is -2.37. The quantitative estimate of drug-likeness (QED) is 0.417. The van der Waals surface area contributed by atoms with Crippen molar-refractivity contribution in [1.29, 1.82) is 0 Å². The van der Waals surface area contributed by atoms with E-state index in [1.54, 1.807) is 13.0 Å². The fourth-order valence-electron chi connectivity index (χ4n) is 4.70. The van der Waals surface area contributed by atoms with Gasteiger partial charge < -0.3 is 4.84 Å². The molecule has 0 unspecified atom stereocenters. The molecular weight excluding hydrogens is 337 g/mol. The fourth-order valence-corrected chi connectivity index (χ4v) is 5.01. The second-order valence-electron chi connectivity index (χ2n) is 7.87. The normalized spacial score (nSPS) is 30.6. The Morgan fingerprint density at radius 1 is 1.04 bits per heavy atom. The van der Waals surface area contributed by atoms with Gasteiger partial charge in [0, 0.05) is 6.21 Å². The molecule has 0 N–H and O–H groups in total. The Hall–Kier alpha value is -1.09. The third-order valence-corrected chi connectivity index (χ3v) is 6.66. The summed E-state index contributed by atoms with van der Waals surface area (Å²) in [7, 11) is 0. The summed E-state index contributed by atoms with van der Waals surface area (Å²) in [5, 5.41) is 3.84. The van der Waals surface area contributed by atoms with E-state index in [2.05, 4.69) is 12.1 Å². The van der Waals surface area contributed by atoms with Gasteiger partial charge in [-0.05, 0) is 80.8 Å². The molecule has 0 spiro atoms. The number of nitrogens with zero attached hydrogens (tertiary/aromatic N) is 1. The van der Waals surface area contributed by atoms with Crippen LogP contribution in [-0.2, 0) is 0 Å². The Bertz CT molecular complexity index is 602. The number of hydrogen-bond donors (Lipinski definition) is 0. The van der Waals surface area contributed by atoms with Crippen LogP contribution in [0.25, 0.3) is 0 Å². The van der Waals surface area contributed by atoms with Crippen LogP contribution in [0.15, 0.2) is 17.3 Å². The van der Waals surface area contributed by atoms with Gasteiger partial charge in [-0.15, -0.1) is 0 Å². The van der Waals surface area contributed by atoms with E-state index < -0.39 is 5.82 Å². The minimum absolute atomic E-state index is 0.0943. The van der Waals surface area contributed by atoms with Crippen molar-refractivity contribution < 1.29 is 9.23 Å². The zero-order valence-electron chi connectivity index (χ0n) is 15.3. The Labute approximate surface area is 155 Å². The summed E-state index contributed by atoms with van der Waals surface area (Å²) in [5.41, 5.74) is 0.933. The van der Waals surface area contributed by atoms with Crippen LogP contribution < -0.4 is 4.84 Å². The molecule has 2 nitrogen and oxygen atoms in total. The van der Waals surface area contributed by atoms with Crippen molar-refractivity contribution in [2.45, 2.75) is 71.1 Å². The molecule has 2 fully saturated rings. The number of hydrogen-bond acceptors (Lipinski definition) is 2. The van der Waals surface area contributed by atoms with Crippen LogP contribution in [0.2, 0.25) is 5.02 Å². The van der Waals surface area contributed by atoms with Gasteiger partial charge in [0.2, 0.25) is 0 Å². The second kappa shape index (κ2) is 8.53. The van der Waals surface area contributed by atoms with Gasteiger partial charge in [-0.25, -0.2) is 4.39 Å². The van der Waals surface area contributed by atoms with Crippen LogP contribution in [0.1, 0.15) is 76.7 Å². The Kier molecular flexibility index (Phi) is 6.38. The van der Waals surface area contributed by atoms with E-state index in [-0.39, 0.29) is 10.8 Å². The molecule has 0 amide bonds. The maximum absolute atomic E-state index is 14.4. The zero-order valence-corrected chi connectivity index (χ0v) is 16.1. The molecule has 0 radical (unpaired) electrons. The highest BCUT2D eigenvalue weighted by molar-refractivity contribution is 6.31. The van der Waals surface area contributed by atoms with Gasteiger partial charge in [-0.2, -0.15) is 0 Å². The zero-order chi connectivity index (χ0) is 17.8. The van der Waals surface area contributed by atoms with Gasteiger partial charge in [-0.1, -0.05) is 42.6 Å². The van der Waals surface area contributed by atoms with Crippen LogP contribution >= 0.6 is 11.6 Å². The molecule has 4 heteroatoms. The van der Waals surface area contributed by atoms with E-state index in [1.165, 1.54) is 44.7 Å². The highest BCUT2D eigenvalue weighted by Gasteiger charge is 2.31. The first-order valence-electron chi connectivity index (χ1n) is 9.73. The number of halogens is 2. The Morgan fingerprint density at radius 2 is 1.64 bits per heavy atom. The topological polar surface area (TPSA) is 21.6 Å². The summed E-state index contributed by atoms with van der Waals surface area (Å²) in [5.74, 6) is 2.64. The lowest BCUT2D eigenvalue weighted by atomic mass is 9.68. The molecule has 1 aromatic rings. The van der Waals surface area contributed by atoms with Crippen molar-refractivity contribution in [3.8, 4) is 5.75 Å². The number of oxime groups is 1. The third-order valence-electron chi connectivity index (χ3n) is 6.27. The minimum Gasteiger partial charge on any atom is -0.354 e. The molecule has 0 atom stereocenters. The molecule has 0 bridgehead atoms. The van der Waals surface area contributed by atoms with Crippen LogP contribution in [0.4, 0.5) is 4.39 Å². The molecule has 1 aromatic carbocycles. The summed E-state index contributed by atoms with van der Waals surface area (Å²) in [4.78, 5) is 5.02. The smallest absolute Gasteiger partial charge is 0.195 e. The molecule has 25 heavy (non-hydrogen) atoms. The summed E-state index contributed by atoms with van der Waals surface area (Å²) >= 11 is 6.30. The van der Waals surface area contributed by atoms with Crippen LogP contribution in [0.5, 0.6) is 5.75 Å². The molecule has 2 saturated carbocycles. The standard InChI is InChI=1S/C21H29ClFNO/c1-3-24-25-19-13-12-18(20(22)21(19)23)17-10-8-16(9-11-17)15-6-4-14(2)5-7-15/h3,12-17H,4-11H2,1-2H3. The highest BCUT2D eigenvalue weighted by Crippen LogP contribution is 2.45. The molecule has 138 valence electrons. The SMILES string of the molecule is CC=NOc1ccc(C2CCC(C3CCC(C)CC3)CC2)c(Cl)c1F. The molecule has 2 aliphatic carbocycles. The lowest BCUT2D eigenvalue weighted by Crippen LogP contribution is -2.24. The van der Waals surface area contributed by atoms with Crippen molar-refractivity contribution in [2.75, 3.05) is 0 Å². The molecule has 2 aliphatic rings. The van der Waals surface area contributed by atoms with E-state index in [0.717, 1.165) is 36.2 Å². The van der Waals surface area contributed by atoms with Crippen LogP contribution in [-0.4, -0.2) is 6.21 Å². The maximum Gasteiger partial charge on any atom is 0.195 e. The first-order valence-corrected chi connectivity index (χ1v) is 10.1. The van der Waals surface area contributed by atoms with E-state index in [9.17, 15) is 4.39 Å². The number of rotatable bonds is 4. The lowest BCUT2D eigenvalue weighted by molar-refractivity contribution is 0.165. The average molecular weight is 366 g/mol. The predicted molar refractivity (Wildman–Crippen MR) is 102 cm³/mol. The van der Waals surface area contributed by atoms with E-state index in [0.29, 0.717) is 5.92 Å². The monoisotopic (exact) mass is 365 g/mol. The van der Waals surface area contributed by atoms with E-state index in [4.69, 9.17) is 16.4 Å². The second-order valence-corrected chi connectivity index (χ2v) is 8.25. The van der Waals surface area contributed by atoms with Gasteiger partial charge in [0.25, 0.3) is 0 Å². The van der Waals surface area contributed by atoms with Gasteiger partial charge in [0.1, 0.15) is 0 Å². The minimum atomic E-state index is -0.492. The van der Waals surface area contributed by atoms with Crippen molar-refractivity contribution in [1.82, 2.24) is 0 Å². The molecular formula is C21H29ClFNO. The average Bonchev–Trinajstić information content (AvgIpc) is 2.64. The Balaban J connectivity index is 1.62. The summed E-state index contributed by atoms with van der Waals surface area (Å²) in [6.07, 6.45) is 11.8. The summed E-state index contributed by atoms with van der Waals surface area (Å²) in [6, 6.07) is 3.57. The number of benzene rings is 1. The van der Waals surface area contributed by atoms with Gasteiger partial charge >= 0.3 is 0 Å². The van der Waals surface area contributed by atoms with E-state index in [1.807, 2.05) is 6.07 Å². The van der Waals surface area contributed by atoms with Gasteiger partial charge in [0.15, 0.2) is 11.6 Å². The predicted octanol–water partition coefficient (Wildman–Crippen LogP) is 6.96. The van der Waals surface area contributed by atoms with E-state index >= 15 is 0 Å². The molecule has 0 aliphatic heterocycles. The van der Waals surface area contributed by atoms with Crippen molar-refractivity contribution in [3.63, 3.8) is 0 Å². The summed E-state index contributed by atoms with van der Waals surface area (Å²) < 4.78 is 14.4. The van der Waals surface area contributed by atoms with Crippen LogP contribution in [0, 0.1) is 23.6 Å².